The third-order valence-corrected chi connectivity index (χ3v) is 5.96. The van der Waals surface area contributed by atoms with E-state index in [1.807, 2.05) is 31.3 Å². The summed E-state index contributed by atoms with van der Waals surface area (Å²) in [5, 5.41) is 2.94. The maximum atomic E-state index is 12.4. The molecule has 1 saturated carbocycles. The average molecular weight is 418 g/mol. The number of pyridine rings is 2. The second-order valence-corrected chi connectivity index (χ2v) is 8.24. The molecule has 0 aromatic carbocycles. The summed E-state index contributed by atoms with van der Waals surface area (Å²) >= 11 is 0. The molecule has 7 nitrogen and oxygen atoms in total. The van der Waals surface area contributed by atoms with E-state index < -0.39 is 0 Å². The first-order valence-electron chi connectivity index (χ1n) is 10.7. The number of aromatic amines is 1. The third-order valence-electron chi connectivity index (χ3n) is 5.96. The normalized spacial score (nSPS) is 18.5. The molecule has 4 rings (SSSR count). The van der Waals surface area contributed by atoms with Gasteiger partial charge in [0.1, 0.15) is 11.4 Å². The van der Waals surface area contributed by atoms with Crippen LogP contribution in [0.2, 0.25) is 0 Å². The molecule has 1 fully saturated rings. The number of H-pyrrole nitrogens is 1. The van der Waals surface area contributed by atoms with Gasteiger partial charge in [0.05, 0.1) is 11.4 Å². The van der Waals surface area contributed by atoms with Crippen LogP contribution in [0.4, 0.5) is 0 Å². The lowest BCUT2D eigenvalue weighted by Crippen LogP contribution is -2.34. The number of hydrogen-bond donors (Lipinski definition) is 2. The van der Waals surface area contributed by atoms with E-state index in [0.717, 1.165) is 54.2 Å². The molecule has 1 aliphatic rings. The molecule has 160 valence electrons. The van der Waals surface area contributed by atoms with E-state index in [0.29, 0.717) is 18.4 Å². The molecule has 0 spiro atoms. The zero-order chi connectivity index (χ0) is 21.8. The fraction of sp³-hybridized carbons (Fsp3) is 0.375. The van der Waals surface area contributed by atoms with Gasteiger partial charge in [0.2, 0.25) is 0 Å². The Morgan fingerprint density at radius 3 is 2.61 bits per heavy atom. The number of aryl methyl sites for hydroxylation is 2. The highest BCUT2D eigenvalue weighted by Gasteiger charge is 2.26. The van der Waals surface area contributed by atoms with E-state index in [1.165, 1.54) is 0 Å². The minimum Gasteiger partial charge on any atom is -0.352 e. The molecular weight excluding hydrogens is 390 g/mol. The van der Waals surface area contributed by atoms with Crippen LogP contribution in [0.5, 0.6) is 0 Å². The number of hydrogen-bond acceptors (Lipinski definition) is 5. The Balaban J connectivity index is 1.39. The monoisotopic (exact) mass is 417 g/mol. The Bertz CT molecular complexity index is 1120. The standard InChI is InChI=1S/C24H27N5O2/c1-15-6-11-19(24(31)28-15)23(30)27-13-17-7-9-18(10-8-17)22-20(14-26-16(2)29-22)21-5-3-4-12-25-21/h3-6,11-12,14,17-18H,7-10,13H2,1-2H3,(H,27,30)(H,28,31). The second-order valence-electron chi connectivity index (χ2n) is 8.24. The number of carbonyl (C=O) groups is 1. The molecule has 2 N–H and O–H groups in total. The minimum absolute atomic E-state index is 0.163. The van der Waals surface area contributed by atoms with Crippen LogP contribution in [-0.4, -0.2) is 32.4 Å². The average Bonchev–Trinajstić information content (AvgIpc) is 2.78. The maximum Gasteiger partial charge on any atom is 0.260 e. The highest BCUT2D eigenvalue weighted by molar-refractivity contribution is 5.93. The second kappa shape index (κ2) is 9.20. The van der Waals surface area contributed by atoms with Crippen molar-refractivity contribution in [1.29, 1.82) is 0 Å². The molecule has 31 heavy (non-hydrogen) atoms. The van der Waals surface area contributed by atoms with Gasteiger partial charge in [-0.05, 0) is 69.7 Å². The van der Waals surface area contributed by atoms with E-state index in [9.17, 15) is 9.59 Å². The molecule has 0 unspecified atom stereocenters. The fourth-order valence-corrected chi connectivity index (χ4v) is 4.24. The summed E-state index contributed by atoms with van der Waals surface area (Å²) in [6.45, 7) is 4.29. The number of aromatic nitrogens is 4. The van der Waals surface area contributed by atoms with E-state index in [-0.39, 0.29) is 17.0 Å². The van der Waals surface area contributed by atoms with Crippen molar-refractivity contribution in [2.75, 3.05) is 6.54 Å². The number of rotatable bonds is 5. The Labute approximate surface area is 181 Å². The van der Waals surface area contributed by atoms with Gasteiger partial charge in [0, 0.05) is 36.1 Å². The summed E-state index contributed by atoms with van der Waals surface area (Å²) < 4.78 is 0. The topological polar surface area (TPSA) is 101 Å². The maximum absolute atomic E-state index is 12.4. The van der Waals surface area contributed by atoms with Crippen LogP contribution < -0.4 is 10.9 Å². The highest BCUT2D eigenvalue weighted by atomic mass is 16.2. The highest BCUT2D eigenvalue weighted by Crippen LogP contribution is 2.38. The van der Waals surface area contributed by atoms with Crippen LogP contribution in [0.1, 0.15) is 59.2 Å². The SMILES string of the molecule is Cc1ncc(-c2ccccn2)c(C2CCC(CNC(=O)c3ccc(C)[nH]c3=O)CC2)n1. The van der Waals surface area contributed by atoms with E-state index in [1.54, 1.807) is 25.3 Å². The number of nitrogens with zero attached hydrogens (tertiary/aromatic N) is 3. The Kier molecular flexibility index (Phi) is 6.21. The van der Waals surface area contributed by atoms with Gasteiger partial charge in [-0.2, -0.15) is 0 Å². The van der Waals surface area contributed by atoms with Gasteiger partial charge in [-0.15, -0.1) is 0 Å². The Morgan fingerprint density at radius 2 is 1.90 bits per heavy atom. The first-order chi connectivity index (χ1) is 15.0. The molecule has 0 saturated heterocycles. The van der Waals surface area contributed by atoms with Crippen LogP contribution in [-0.2, 0) is 0 Å². The van der Waals surface area contributed by atoms with Crippen LogP contribution in [0.25, 0.3) is 11.3 Å². The summed E-state index contributed by atoms with van der Waals surface area (Å²) in [6, 6.07) is 9.19. The number of amides is 1. The number of nitrogens with one attached hydrogen (secondary N) is 2. The summed E-state index contributed by atoms with van der Waals surface area (Å²) in [5.74, 6) is 1.20. The van der Waals surface area contributed by atoms with Crippen molar-refractivity contribution < 1.29 is 4.79 Å². The zero-order valence-electron chi connectivity index (χ0n) is 17.9. The Morgan fingerprint density at radius 1 is 1.10 bits per heavy atom. The van der Waals surface area contributed by atoms with Gasteiger partial charge >= 0.3 is 0 Å². The van der Waals surface area contributed by atoms with Crippen LogP contribution in [0.3, 0.4) is 0 Å². The van der Waals surface area contributed by atoms with Gasteiger partial charge in [-0.25, -0.2) is 9.97 Å². The first-order valence-corrected chi connectivity index (χ1v) is 10.7. The smallest absolute Gasteiger partial charge is 0.260 e. The molecule has 0 bridgehead atoms. The van der Waals surface area contributed by atoms with Crippen molar-refractivity contribution in [2.24, 2.45) is 5.92 Å². The minimum atomic E-state index is -0.345. The molecule has 0 radical (unpaired) electrons. The molecule has 3 aromatic heterocycles. The van der Waals surface area contributed by atoms with Gasteiger partial charge in [0.15, 0.2) is 0 Å². The number of carbonyl (C=O) groups excluding carboxylic acids is 1. The largest absolute Gasteiger partial charge is 0.352 e. The lowest BCUT2D eigenvalue weighted by Gasteiger charge is -2.29. The molecule has 0 aliphatic heterocycles. The molecular formula is C24H27N5O2. The predicted octanol–water partition coefficient (Wildman–Crippen LogP) is 3.55. The van der Waals surface area contributed by atoms with Gasteiger partial charge < -0.3 is 10.3 Å². The summed E-state index contributed by atoms with van der Waals surface area (Å²) in [4.78, 5) is 40.7. The molecule has 3 heterocycles. The molecule has 1 amide bonds. The van der Waals surface area contributed by atoms with Crippen LogP contribution in [0.15, 0.2) is 47.5 Å². The molecule has 7 heteroatoms. The van der Waals surface area contributed by atoms with E-state index in [2.05, 4.69) is 20.3 Å². The van der Waals surface area contributed by atoms with Crippen molar-refractivity contribution in [3.63, 3.8) is 0 Å². The van der Waals surface area contributed by atoms with E-state index in [4.69, 9.17) is 4.98 Å². The molecule has 3 aromatic rings. The van der Waals surface area contributed by atoms with Crippen molar-refractivity contribution >= 4 is 5.91 Å². The van der Waals surface area contributed by atoms with Crippen LogP contribution >= 0.6 is 0 Å². The van der Waals surface area contributed by atoms with Gasteiger partial charge in [-0.1, -0.05) is 6.07 Å². The lowest BCUT2D eigenvalue weighted by atomic mass is 9.79. The van der Waals surface area contributed by atoms with E-state index >= 15 is 0 Å². The molecule has 1 aliphatic carbocycles. The van der Waals surface area contributed by atoms with Crippen molar-refractivity contribution in [1.82, 2.24) is 25.3 Å². The quantitative estimate of drug-likeness (QED) is 0.661. The lowest BCUT2D eigenvalue weighted by molar-refractivity contribution is 0.0941. The van der Waals surface area contributed by atoms with Crippen LogP contribution in [0, 0.1) is 19.8 Å². The molecule has 0 atom stereocenters. The van der Waals surface area contributed by atoms with Gasteiger partial charge in [0.25, 0.3) is 11.5 Å². The van der Waals surface area contributed by atoms with Crippen molar-refractivity contribution in [3.8, 4) is 11.3 Å². The third kappa shape index (κ3) is 4.87. The van der Waals surface area contributed by atoms with Gasteiger partial charge in [-0.3, -0.25) is 14.6 Å². The van der Waals surface area contributed by atoms with Crippen molar-refractivity contribution in [3.05, 3.63) is 75.9 Å². The predicted molar refractivity (Wildman–Crippen MR) is 119 cm³/mol. The summed E-state index contributed by atoms with van der Waals surface area (Å²) in [6.07, 6.45) is 7.67. The first kappa shape index (κ1) is 20.9. The fourth-order valence-electron chi connectivity index (χ4n) is 4.24. The summed E-state index contributed by atoms with van der Waals surface area (Å²) in [5.41, 5.74) is 3.53. The summed E-state index contributed by atoms with van der Waals surface area (Å²) in [7, 11) is 0. The Hall–Kier alpha value is -3.35. The van der Waals surface area contributed by atoms with Crippen molar-refractivity contribution in [2.45, 2.75) is 45.4 Å². The zero-order valence-corrected chi connectivity index (χ0v) is 17.9.